The van der Waals surface area contributed by atoms with Crippen LogP contribution >= 0.6 is 11.3 Å². The minimum absolute atomic E-state index is 0.758. The second-order valence-corrected chi connectivity index (χ2v) is 4.50. The third-order valence-corrected chi connectivity index (χ3v) is 2.88. The normalized spacial score (nSPS) is 10.8. The minimum atomic E-state index is 0.758. The zero-order valence-corrected chi connectivity index (χ0v) is 9.71. The molecule has 0 atom stereocenters. The van der Waals surface area contributed by atoms with E-state index in [2.05, 4.69) is 20.8 Å². The maximum absolute atomic E-state index is 4.40. The van der Waals surface area contributed by atoms with Gasteiger partial charge in [-0.15, -0.1) is 11.3 Å². The monoisotopic (exact) mass is 222 g/mol. The van der Waals surface area contributed by atoms with Crippen molar-refractivity contribution in [2.24, 2.45) is 0 Å². The Morgan fingerprint density at radius 3 is 3.07 bits per heavy atom. The Balaban J connectivity index is 2.04. The van der Waals surface area contributed by atoms with Crippen LogP contribution in [-0.2, 0) is 13.1 Å². The molecule has 0 saturated heterocycles. The summed E-state index contributed by atoms with van der Waals surface area (Å²) in [5, 5.41) is 10.6. The number of hydrogen-bond acceptors (Lipinski definition) is 4. The summed E-state index contributed by atoms with van der Waals surface area (Å²) >= 11 is 1.68. The van der Waals surface area contributed by atoms with Crippen molar-refractivity contribution < 1.29 is 0 Å². The molecule has 2 rings (SSSR count). The van der Waals surface area contributed by atoms with Gasteiger partial charge in [-0.05, 0) is 14.0 Å². The van der Waals surface area contributed by atoms with Crippen LogP contribution < -0.4 is 5.32 Å². The molecule has 1 N–H and O–H groups in total. The first-order valence-electron chi connectivity index (χ1n) is 4.85. The van der Waals surface area contributed by atoms with Gasteiger partial charge in [0.2, 0.25) is 0 Å². The van der Waals surface area contributed by atoms with E-state index in [1.807, 2.05) is 31.0 Å². The zero-order chi connectivity index (χ0) is 10.7. The van der Waals surface area contributed by atoms with Crippen LogP contribution in [0, 0.1) is 6.92 Å². The van der Waals surface area contributed by atoms with Gasteiger partial charge in [0.05, 0.1) is 23.4 Å². The van der Waals surface area contributed by atoms with E-state index < -0.39 is 0 Å². The third-order valence-electron chi connectivity index (χ3n) is 2.06. The van der Waals surface area contributed by atoms with Crippen LogP contribution in [0.2, 0.25) is 0 Å². The fourth-order valence-corrected chi connectivity index (χ4v) is 2.04. The van der Waals surface area contributed by atoms with Crippen LogP contribution in [0.1, 0.15) is 16.3 Å². The molecule has 80 valence electrons. The molecule has 15 heavy (non-hydrogen) atoms. The van der Waals surface area contributed by atoms with Crippen molar-refractivity contribution >= 4 is 11.3 Å². The van der Waals surface area contributed by atoms with Gasteiger partial charge in [0.15, 0.2) is 0 Å². The molecule has 0 radical (unpaired) electrons. The highest BCUT2D eigenvalue weighted by Crippen LogP contribution is 2.09. The highest BCUT2D eigenvalue weighted by atomic mass is 32.1. The van der Waals surface area contributed by atoms with E-state index in [4.69, 9.17) is 0 Å². The molecule has 0 aromatic carbocycles. The maximum atomic E-state index is 4.40. The lowest BCUT2D eigenvalue weighted by atomic mass is 10.4. The molecule has 0 aliphatic carbocycles. The summed E-state index contributed by atoms with van der Waals surface area (Å²) in [6.07, 6.45) is 3.93. The first kappa shape index (κ1) is 10.3. The quantitative estimate of drug-likeness (QED) is 0.850. The number of thiazole rings is 1. The van der Waals surface area contributed by atoms with Gasteiger partial charge in [-0.25, -0.2) is 4.98 Å². The second-order valence-electron chi connectivity index (χ2n) is 3.43. The Morgan fingerprint density at radius 1 is 1.53 bits per heavy atom. The fraction of sp³-hybridized carbons (Fsp3) is 0.400. The van der Waals surface area contributed by atoms with Gasteiger partial charge in [0, 0.05) is 23.7 Å². The number of aromatic nitrogens is 3. The Morgan fingerprint density at radius 2 is 2.40 bits per heavy atom. The Kier molecular flexibility index (Phi) is 3.13. The van der Waals surface area contributed by atoms with Gasteiger partial charge in [0.1, 0.15) is 0 Å². The molecule has 2 aromatic heterocycles. The summed E-state index contributed by atoms with van der Waals surface area (Å²) in [4.78, 5) is 4.40. The fourth-order valence-electron chi connectivity index (χ4n) is 1.44. The summed E-state index contributed by atoms with van der Waals surface area (Å²) in [6, 6.07) is 0. The lowest BCUT2D eigenvalue weighted by molar-refractivity contribution is 0.673. The number of rotatable bonds is 4. The molecule has 0 bridgehead atoms. The van der Waals surface area contributed by atoms with Crippen molar-refractivity contribution in [2.75, 3.05) is 7.05 Å². The smallest absolute Gasteiger partial charge is 0.0898 e. The lowest BCUT2D eigenvalue weighted by Crippen LogP contribution is -2.04. The minimum Gasteiger partial charge on any atom is -0.316 e. The van der Waals surface area contributed by atoms with Crippen molar-refractivity contribution in [2.45, 2.75) is 20.0 Å². The third kappa shape index (κ3) is 2.64. The predicted molar refractivity (Wildman–Crippen MR) is 60.9 cm³/mol. The van der Waals surface area contributed by atoms with Gasteiger partial charge in [0.25, 0.3) is 0 Å². The van der Waals surface area contributed by atoms with Gasteiger partial charge in [-0.2, -0.15) is 5.10 Å². The van der Waals surface area contributed by atoms with E-state index in [-0.39, 0.29) is 0 Å². The summed E-state index contributed by atoms with van der Waals surface area (Å²) < 4.78 is 1.92. The predicted octanol–water partition coefficient (Wildman–Crippen LogP) is 1.42. The molecule has 5 heteroatoms. The average molecular weight is 222 g/mol. The second kappa shape index (κ2) is 4.55. The van der Waals surface area contributed by atoms with Gasteiger partial charge in [-0.1, -0.05) is 0 Å². The standard InChI is InChI=1S/C10H14N4S/c1-8-13-10(7-15-8)6-14-5-9(3-11-2)4-12-14/h4-5,7,11H,3,6H2,1-2H3. The highest BCUT2D eigenvalue weighted by Gasteiger charge is 2.01. The molecule has 4 nitrogen and oxygen atoms in total. The number of hydrogen-bond donors (Lipinski definition) is 1. The van der Waals surface area contributed by atoms with Crippen LogP contribution in [0.3, 0.4) is 0 Å². The van der Waals surface area contributed by atoms with Gasteiger partial charge in [-0.3, -0.25) is 4.68 Å². The summed E-state index contributed by atoms with van der Waals surface area (Å²) in [5.74, 6) is 0. The molecule has 0 unspecified atom stereocenters. The molecule has 0 aliphatic rings. The van der Waals surface area contributed by atoms with Crippen molar-refractivity contribution in [3.8, 4) is 0 Å². The molecular formula is C10H14N4S. The van der Waals surface area contributed by atoms with Crippen LogP contribution in [0.25, 0.3) is 0 Å². The van der Waals surface area contributed by atoms with Gasteiger partial charge >= 0.3 is 0 Å². The molecule has 2 aromatic rings. The topological polar surface area (TPSA) is 42.7 Å². The van der Waals surface area contributed by atoms with Crippen molar-refractivity contribution in [3.63, 3.8) is 0 Å². The Hall–Kier alpha value is -1.20. The molecule has 0 amide bonds. The largest absolute Gasteiger partial charge is 0.316 e. The summed E-state index contributed by atoms with van der Waals surface area (Å²) in [6.45, 7) is 3.63. The number of nitrogens with one attached hydrogen (secondary N) is 1. The van der Waals surface area contributed by atoms with Crippen LogP contribution in [0.15, 0.2) is 17.8 Å². The SMILES string of the molecule is CNCc1cnn(Cc2csc(C)n2)c1. The summed E-state index contributed by atoms with van der Waals surface area (Å²) in [5.41, 5.74) is 2.28. The Labute approximate surface area is 93.0 Å². The van der Waals surface area contributed by atoms with E-state index >= 15 is 0 Å². The van der Waals surface area contributed by atoms with Crippen molar-refractivity contribution in [3.05, 3.63) is 34.0 Å². The lowest BCUT2D eigenvalue weighted by Gasteiger charge is -1.96. The molecule has 2 heterocycles. The van der Waals surface area contributed by atoms with Crippen LogP contribution in [-0.4, -0.2) is 21.8 Å². The molecule has 0 fully saturated rings. The van der Waals surface area contributed by atoms with Crippen LogP contribution in [0.4, 0.5) is 0 Å². The summed E-state index contributed by atoms with van der Waals surface area (Å²) in [7, 11) is 1.93. The molecular weight excluding hydrogens is 208 g/mol. The van der Waals surface area contributed by atoms with Gasteiger partial charge < -0.3 is 5.32 Å². The first-order chi connectivity index (χ1) is 7.28. The van der Waals surface area contributed by atoms with Crippen molar-refractivity contribution in [1.29, 1.82) is 0 Å². The molecule has 0 spiro atoms. The van der Waals surface area contributed by atoms with Crippen molar-refractivity contribution in [1.82, 2.24) is 20.1 Å². The highest BCUT2D eigenvalue weighted by molar-refractivity contribution is 7.09. The maximum Gasteiger partial charge on any atom is 0.0898 e. The van der Waals surface area contributed by atoms with E-state index in [0.717, 1.165) is 23.8 Å². The molecule has 0 aliphatic heterocycles. The first-order valence-corrected chi connectivity index (χ1v) is 5.73. The van der Waals surface area contributed by atoms with Crippen LogP contribution in [0.5, 0.6) is 0 Å². The van der Waals surface area contributed by atoms with E-state index in [9.17, 15) is 0 Å². The van der Waals surface area contributed by atoms with E-state index in [0.29, 0.717) is 0 Å². The zero-order valence-electron chi connectivity index (χ0n) is 8.90. The Bertz CT molecular complexity index is 432. The molecule has 0 saturated carbocycles. The van der Waals surface area contributed by atoms with E-state index in [1.165, 1.54) is 5.56 Å². The number of nitrogens with zero attached hydrogens (tertiary/aromatic N) is 3. The average Bonchev–Trinajstić information content (AvgIpc) is 2.78. The van der Waals surface area contributed by atoms with E-state index in [1.54, 1.807) is 11.3 Å². The number of aryl methyl sites for hydroxylation is 1.